The Hall–Kier alpha value is -3.42. The summed E-state index contributed by atoms with van der Waals surface area (Å²) in [5.74, 6) is -0.331. The first-order valence-corrected chi connectivity index (χ1v) is 9.11. The maximum atomic E-state index is 12.2. The van der Waals surface area contributed by atoms with Gasteiger partial charge in [0.1, 0.15) is 0 Å². The second-order valence-corrected chi connectivity index (χ2v) is 6.75. The molecule has 0 atom stereocenters. The molecule has 2 heterocycles. The van der Waals surface area contributed by atoms with Crippen LogP contribution in [0.3, 0.4) is 0 Å². The maximum Gasteiger partial charge on any atom is 0.273 e. The first-order valence-electron chi connectivity index (χ1n) is 9.11. The van der Waals surface area contributed by atoms with Crippen molar-refractivity contribution in [3.05, 3.63) is 71.3 Å². The Morgan fingerprint density at radius 1 is 1.04 bits per heavy atom. The number of benzene rings is 1. The minimum Gasteiger partial charge on any atom is -0.357 e. The second-order valence-electron chi connectivity index (χ2n) is 6.75. The smallest absolute Gasteiger partial charge is 0.273 e. The van der Waals surface area contributed by atoms with Gasteiger partial charge in [-0.2, -0.15) is 0 Å². The SMILES string of the molecule is Cc1ccc(CNC(=O)c2cn(CCNC(=O)Cc3ccn(C)c3)nn2)cc1. The average Bonchev–Trinajstić information content (AvgIpc) is 3.30. The number of hydrogen-bond donors (Lipinski definition) is 2. The van der Waals surface area contributed by atoms with E-state index in [0.29, 0.717) is 26.1 Å². The fraction of sp³-hybridized carbons (Fsp3) is 0.300. The van der Waals surface area contributed by atoms with E-state index in [0.717, 1.165) is 11.1 Å². The first-order chi connectivity index (χ1) is 13.5. The Kier molecular flexibility index (Phi) is 6.21. The number of aryl methyl sites for hydroxylation is 2. The summed E-state index contributed by atoms with van der Waals surface area (Å²) in [5, 5.41) is 13.5. The van der Waals surface area contributed by atoms with Crippen LogP contribution in [0.5, 0.6) is 0 Å². The highest BCUT2D eigenvalue weighted by molar-refractivity contribution is 5.91. The molecule has 0 aliphatic carbocycles. The maximum absolute atomic E-state index is 12.2. The van der Waals surface area contributed by atoms with Crippen LogP contribution in [0.1, 0.15) is 27.2 Å². The zero-order valence-corrected chi connectivity index (χ0v) is 16.1. The van der Waals surface area contributed by atoms with Gasteiger partial charge in [-0.15, -0.1) is 5.10 Å². The normalized spacial score (nSPS) is 10.6. The molecule has 0 fully saturated rings. The van der Waals surface area contributed by atoms with Crippen LogP contribution in [0.15, 0.2) is 48.9 Å². The molecule has 8 heteroatoms. The van der Waals surface area contributed by atoms with E-state index in [-0.39, 0.29) is 17.5 Å². The molecular formula is C20H24N6O2. The minimum absolute atomic E-state index is 0.0534. The molecule has 0 aliphatic heterocycles. The lowest BCUT2D eigenvalue weighted by atomic mass is 10.1. The lowest BCUT2D eigenvalue weighted by molar-refractivity contribution is -0.120. The molecule has 0 bridgehead atoms. The molecular weight excluding hydrogens is 356 g/mol. The summed E-state index contributed by atoms with van der Waals surface area (Å²) in [6, 6.07) is 9.88. The molecule has 3 rings (SSSR count). The molecule has 3 aromatic rings. The quantitative estimate of drug-likeness (QED) is 0.614. The number of nitrogens with one attached hydrogen (secondary N) is 2. The van der Waals surface area contributed by atoms with E-state index < -0.39 is 0 Å². The van der Waals surface area contributed by atoms with Crippen molar-refractivity contribution >= 4 is 11.8 Å². The number of aromatic nitrogens is 4. The topological polar surface area (TPSA) is 93.8 Å². The van der Waals surface area contributed by atoms with E-state index in [9.17, 15) is 9.59 Å². The Morgan fingerprint density at radius 3 is 2.54 bits per heavy atom. The largest absolute Gasteiger partial charge is 0.357 e. The highest BCUT2D eigenvalue weighted by Gasteiger charge is 2.11. The van der Waals surface area contributed by atoms with Crippen LogP contribution in [0, 0.1) is 6.92 Å². The molecule has 8 nitrogen and oxygen atoms in total. The van der Waals surface area contributed by atoms with E-state index in [1.165, 1.54) is 5.56 Å². The Balaban J connectivity index is 1.41. The molecule has 0 unspecified atom stereocenters. The number of hydrogen-bond acceptors (Lipinski definition) is 4. The summed E-state index contributed by atoms with van der Waals surface area (Å²) in [4.78, 5) is 24.1. The molecule has 1 aromatic carbocycles. The number of rotatable bonds is 8. The number of carbonyl (C=O) groups is 2. The number of nitrogens with zero attached hydrogens (tertiary/aromatic N) is 4. The fourth-order valence-electron chi connectivity index (χ4n) is 2.71. The van der Waals surface area contributed by atoms with E-state index >= 15 is 0 Å². The van der Waals surface area contributed by atoms with Crippen LogP contribution in [0.4, 0.5) is 0 Å². The summed E-state index contributed by atoms with van der Waals surface area (Å²) in [5.41, 5.74) is 3.41. The van der Waals surface area contributed by atoms with Gasteiger partial charge in [-0.3, -0.25) is 9.59 Å². The van der Waals surface area contributed by atoms with Crippen molar-refractivity contribution < 1.29 is 9.59 Å². The number of amides is 2. The first kappa shape index (κ1) is 19.3. The molecule has 2 N–H and O–H groups in total. The molecule has 146 valence electrons. The third-order valence-electron chi connectivity index (χ3n) is 4.27. The van der Waals surface area contributed by atoms with E-state index in [1.807, 2.05) is 61.3 Å². The highest BCUT2D eigenvalue weighted by atomic mass is 16.2. The van der Waals surface area contributed by atoms with Crippen molar-refractivity contribution in [2.75, 3.05) is 6.54 Å². The molecule has 0 radical (unpaired) electrons. The Labute approximate surface area is 163 Å². The zero-order valence-electron chi connectivity index (χ0n) is 16.1. The van der Waals surface area contributed by atoms with Crippen molar-refractivity contribution in [1.29, 1.82) is 0 Å². The van der Waals surface area contributed by atoms with Crippen molar-refractivity contribution in [2.24, 2.45) is 7.05 Å². The van der Waals surface area contributed by atoms with Gasteiger partial charge < -0.3 is 15.2 Å². The van der Waals surface area contributed by atoms with Crippen LogP contribution < -0.4 is 10.6 Å². The van der Waals surface area contributed by atoms with Crippen molar-refractivity contribution in [3.8, 4) is 0 Å². The van der Waals surface area contributed by atoms with Gasteiger partial charge in [0.05, 0.1) is 19.2 Å². The van der Waals surface area contributed by atoms with Crippen LogP contribution in [-0.4, -0.2) is 37.9 Å². The van der Waals surface area contributed by atoms with Crippen molar-refractivity contribution in [3.63, 3.8) is 0 Å². The van der Waals surface area contributed by atoms with Crippen molar-refractivity contribution in [2.45, 2.75) is 26.4 Å². The van der Waals surface area contributed by atoms with Gasteiger partial charge in [-0.25, -0.2) is 4.68 Å². The predicted molar refractivity (Wildman–Crippen MR) is 104 cm³/mol. The van der Waals surface area contributed by atoms with Crippen LogP contribution in [0.2, 0.25) is 0 Å². The van der Waals surface area contributed by atoms with Gasteiger partial charge in [-0.1, -0.05) is 35.0 Å². The molecule has 28 heavy (non-hydrogen) atoms. The second kappa shape index (κ2) is 8.98. The third kappa shape index (κ3) is 5.54. The lowest BCUT2D eigenvalue weighted by Crippen LogP contribution is -2.28. The predicted octanol–water partition coefficient (Wildman–Crippen LogP) is 1.21. The molecule has 0 saturated heterocycles. The molecule has 0 aliphatic rings. The van der Waals surface area contributed by atoms with Gasteiger partial charge in [0.2, 0.25) is 5.91 Å². The Morgan fingerprint density at radius 2 is 1.82 bits per heavy atom. The molecule has 0 spiro atoms. The summed E-state index contributed by atoms with van der Waals surface area (Å²) in [7, 11) is 1.92. The summed E-state index contributed by atoms with van der Waals surface area (Å²) < 4.78 is 3.45. The average molecular weight is 380 g/mol. The summed E-state index contributed by atoms with van der Waals surface area (Å²) >= 11 is 0. The van der Waals surface area contributed by atoms with Gasteiger partial charge in [0, 0.05) is 32.5 Å². The number of carbonyl (C=O) groups excluding carboxylic acids is 2. The van der Waals surface area contributed by atoms with E-state index in [2.05, 4.69) is 20.9 Å². The third-order valence-corrected chi connectivity index (χ3v) is 4.27. The molecule has 0 saturated carbocycles. The lowest BCUT2D eigenvalue weighted by Gasteiger charge is -2.04. The summed E-state index contributed by atoms with van der Waals surface area (Å²) in [6.07, 6.45) is 5.74. The fourth-order valence-corrected chi connectivity index (χ4v) is 2.71. The standard InChI is InChI=1S/C20H24N6O2/c1-15-3-5-16(6-4-15)12-22-20(28)18-14-26(24-23-18)10-8-21-19(27)11-17-7-9-25(2)13-17/h3-7,9,13-14H,8,10-12H2,1-2H3,(H,21,27)(H,22,28). The minimum atomic E-state index is -0.278. The van der Waals surface area contributed by atoms with Crippen molar-refractivity contribution in [1.82, 2.24) is 30.2 Å². The van der Waals surface area contributed by atoms with E-state index in [4.69, 9.17) is 0 Å². The zero-order chi connectivity index (χ0) is 19.9. The van der Waals surface area contributed by atoms with Crippen LogP contribution >= 0.6 is 0 Å². The van der Waals surface area contributed by atoms with Crippen LogP contribution in [-0.2, 0) is 31.4 Å². The molecule has 2 aromatic heterocycles. The van der Waals surface area contributed by atoms with E-state index in [1.54, 1.807) is 10.9 Å². The van der Waals surface area contributed by atoms with Crippen LogP contribution in [0.25, 0.3) is 0 Å². The molecule has 2 amide bonds. The van der Waals surface area contributed by atoms with Gasteiger partial charge in [-0.05, 0) is 24.1 Å². The van der Waals surface area contributed by atoms with Gasteiger partial charge in [0.15, 0.2) is 5.69 Å². The van der Waals surface area contributed by atoms with Gasteiger partial charge in [0.25, 0.3) is 5.91 Å². The summed E-state index contributed by atoms with van der Waals surface area (Å²) in [6.45, 7) is 3.31. The highest BCUT2D eigenvalue weighted by Crippen LogP contribution is 2.03. The monoisotopic (exact) mass is 380 g/mol. The Bertz CT molecular complexity index is 942. The van der Waals surface area contributed by atoms with Gasteiger partial charge >= 0.3 is 0 Å².